The second kappa shape index (κ2) is 9.03. The predicted octanol–water partition coefficient (Wildman–Crippen LogP) is 2.12. The van der Waals surface area contributed by atoms with Crippen molar-refractivity contribution in [1.29, 1.82) is 0 Å². The van der Waals surface area contributed by atoms with Crippen molar-refractivity contribution in [2.75, 3.05) is 13.1 Å². The summed E-state index contributed by atoms with van der Waals surface area (Å²) in [5, 5.41) is 16.1. The molecule has 4 heterocycles. The molecule has 1 unspecified atom stereocenters. The van der Waals surface area contributed by atoms with Gasteiger partial charge >= 0.3 is 0 Å². The molecule has 3 amide bonds. The number of benzene rings is 1. The van der Waals surface area contributed by atoms with Gasteiger partial charge in [-0.25, -0.2) is 4.68 Å². The molecular weight excluding hydrogens is 462 g/mol. The largest absolute Gasteiger partial charge is 0.488 e. The minimum Gasteiger partial charge on any atom is -0.488 e. The van der Waals surface area contributed by atoms with Gasteiger partial charge in [-0.15, -0.1) is 5.10 Å². The summed E-state index contributed by atoms with van der Waals surface area (Å²) < 4.78 is 9.83. The molecule has 2 aliphatic heterocycles. The second-order valence-corrected chi connectivity index (χ2v) is 10.5. The maximum atomic E-state index is 12.9. The predicted molar refractivity (Wildman–Crippen MR) is 130 cm³/mol. The third-order valence-electron chi connectivity index (χ3n) is 6.85. The summed E-state index contributed by atoms with van der Waals surface area (Å²) in [4.78, 5) is 38.7. The van der Waals surface area contributed by atoms with Crippen LogP contribution in [-0.4, -0.2) is 66.6 Å². The fourth-order valence-electron chi connectivity index (χ4n) is 4.84. The zero-order valence-corrected chi connectivity index (χ0v) is 21.0. The highest BCUT2D eigenvalue weighted by molar-refractivity contribution is 6.03. The van der Waals surface area contributed by atoms with Crippen LogP contribution in [0.3, 0.4) is 0 Å². The first-order valence-electron chi connectivity index (χ1n) is 12.3. The molecule has 5 rings (SSSR count). The summed E-state index contributed by atoms with van der Waals surface area (Å²) in [6.45, 7) is 7.16. The van der Waals surface area contributed by atoms with Crippen molar-refractivity contribution in [3.8, 4) is 5.75 Å². The van der Waals surface area contributed by atoms with E-state index in [2.05, 4.69) is 20.7 Å². The van der Waals surface area contributed by atoms with Crippen molar-refractivity contribution in [3.63, 3.8) is 0 Å². The van der Waals surface area contributed by atoms with Crippen molar-refractivity contribution >= 4 is 28.6 Å². The Bertz CT molecular complexity index is 1330. The van der Waals surface area contributed by atoms with Gasteiger partial charge in [0.1, 0.15) is 17.4 Å². The molecule has 2 fully saturated rings. The van der Waals surface area contributed by atoms with Gasteiger partial charge in [0.25, 0.3) is 5.91 Å². The molecule has 0 bridgehead atoms. The Balaban J connectivity index is 1.28. The topological polar surface area (TPSA) is 124 Å². The number of imide groups is 1. The van der Waals surface area contributed by atoms with Crippen LogP contribution in [0.15, 0.2) is 24.4 Å². The van der Waals surface area contributed by atoms with Gasteiger partial charge in [0.05, 0.1) is 23.3 Å². The van der Waals surface area contributed by atoms with Crippen LogP contribution in [0.4, 0.5) is 0 Å². The normalized spacial score (nSPS) is 19.6. The van der Waals surface area contributed by atoms with E-state index in [-0.39, 0.29) is 29.4 Å². The van der Waals surface area contributed by atoms with Gasteiger partial charge in [0.2, 0.25) is 11.8 Å². The monoisotopic (exact) mass is 493 g/mol. The van der Waals surface area contributed by atoms with E-state index >= 15 is 0 Å². The van der Waals surface area contributed by atoms with Gasteiger partial charge in [-0.3, -0.25) is 24.4 Å². The molecule has 0 spiro atoms. The van der Waals surface area contributed by atoms with Crippen molar-refractivity contribution in [1.82, 2.24) is 35.0 Å². The number of ether oxygens (including phenoxy) is 1. The molecule has 2 aromatic heterocycles. The number of para-hydroxylation sites is 1. The highest BCUT2D eigenvalue weighted by Gasteiger charge is 2.33. The highest BCUT2D eigenvalue weighted by Crippen LogP contribution is 2.35. The number of fused-ring (bicyclic) bond motifs is 1. The fraction of sp³-hybridized carbons (Fsp3) is 0.520. The Labute approximate surface area is 208 Å². The van der Waals surface area contributed by atoms with Crippen LogP contribution < -0.4 is 10.1 Å². The minimum atomic E-state index is -0.466. The molecule has 1 atom stereocenters. The lowest BCUT2D eigenvalue weighted by atomic mass is 9.93. The molecule has 1 N–H and O–H groups in total. The van der Waals surface area contributed by atoms with Crippen LogP contribution in [-0.2, 0) is 22.2 Å². The van der Waals surface area contributed by atoms with Crippen molar-refractivity contribution in [2.24, 2.45) is 7.05 Å². The maximum Gasteiger partial charge on any atom is 0.276 e. The van der Waals surface area contributed by atoms with Gasteiger partial charge in [-0.05, 0) is 33.3 Å². The molecule has 0 saturated carbocycles. The maximum absolute atomic E-state index is 12.9. The van der Waals surface area contributed by atoms with E-state index in [0.29, 0.717) is 55.9 Å². The van der Waals surface area contributed by atoms with Gasteiger partial charge < -0.3 is 9.64 Å². The number of carbonyl (C=O) groups excluding carboxylic acids is 3. The van der Waals surface area contributed by atoms with E-state index < -0.39 is 5.92 Å². The van der Waals surface area contributed by atoms with Crippen LogP contribution in [0.5, 0.6) is 5.75 Å². The first-order chi connectivity index (χ1) is 17.1. The van der Waals surface area contributed by atoms with E-state index in [1.165, 1.54) is 0 Å². The SMILES string of the molecule is Cn1nc(C2CCC(=O)NC2=O)c2cccc(OC3CCN(C(=O)c4cn(C(C)(C)C)nn4)CC3)c21. The number of nitrogens with one attached hydrogen (secondary N) is 1. The van der Waals surface area contributed by atoms with Gasteiger partial charge in [-0.2, -0.15) is 5.10 Å². The van der Waals surface area contributed by atoms with Crippen LogP contribution >= 0.6 is 0 Å². The number of carbonyl (C=O) groups is 3. The Morgan fingerprint density at radius 1 is 1.14 bits per heavy atom. The summed E-state index contributed by atoms with van der Waals surface area (Å²) in [6.07, 6.45) is 3.76. The first kappa shape index (κ1) is 24.0. The molecule has 0 aliphatic carbocycles. The summed E-state index contributed by atoms with van der Waals surface area (Å²) >= 11 is 0. The Morgan fingerprint density at radius 2 is 1.89 bits per heavy atom. The number of aromatic nitrogens is 5. The number of nitrogens with zero attached hydrogens (tertiary/aromatic N) is 6. The van der Waals surface area contributed by atoms with Gasteiger partial charge in [-0.1, -0.05) is 17.3 Å². The molecule has 0 radical (unpaired) electrons. The summed E-state index contributed by atoms with van der Waals surface area (Å²) in [5.41, 5.74) is 1.59. The lowest BCUT2D eigenvalue weighted by molar-refractivity contribution is -0.134. The van der Waals surface area contributed by atoms with E-state index in [0.717, 1.165) is 10.9 Å². The molecule has 1 aromatic carbocycles. The molecule has 11 heteroatoms. The average Bonchev–Trinajstić information content (AvgIpc) is 3.45. The average molecular weight is 494 g/mol. The van der Waals surface area contributed by atoms with Crippen molar-refractivity contribution < 1.29 is 19.1 Å². The highest BCUT2D eigenvalue weighted by atomic mass is 16.5. The standard InChI is InChI=1S/C25H31N7O4/c1-25(2,3)32-14-18(27-29-32)24(35)31-12-10-15(11-13-31)36-19-7-5-6-16-21(28-30(4)22(16)19)17-8-9-20(33)26-23(17)34/h5-7,14-15,17H,8-13H2,1-4H3,(H,26,33,34). The smallest absolute Gasteiger partial charge is 0.276 e. The zero-order chi connectivity index (χ0) is 25.6. The number of aryl methyl sites for hydroxylation is 1. The van der Waals surface area contributed by atoms with Crippen molar-refractivity contribution in [3.05, 3.63) is 35.8 Å². The first-order valence-corrected chi connectivity index (χ1v) is 12.3. The van der Waals surface area contributed by atoms with Gasteiger partial charge in [0.15, 0.2) is 5.69 Å². The van der Waals surface area contributed by atoms with Crippen LogP contribution in [0, 0.1) is 0 Å². The van der Waals surface area contributed by atoms with Gasteiger partial charge in [0, 0.05) is 44.8 Å². The number of amides is 3. The molecule has 2 saturated heterocycles. The third-order valence-corrected chi connectivity index (χ3v) is 6.85. The molecule has 3 aromatic rings. The number of hydrogen-bond donors (Lipinski definition) is 1. The quantitative estimate of drug-likeness (QED) is 0.552. The molecular formula is C25H31N7O4. The Hall–Kier alpha value is -3.76. The number of rotatable bonds is 4. The Kier molecular flexibility index (Phi) is 6.01. The van der Waals surface area contributed by atoms with E-state index in [1.54, 1.807) is 20.5 Å². The van der Waals surface area contributed by atoms with Crippen LogP contribution in [0.1, 0.15) is 68.6 Å². The lowest BCUT2D eigenvalue weighted by Crippen LogP contribution is -2.42. The number of likely N-dealkylation sites (tertiary alicyclic amines) is 1. The molecule has 190 valence electrons. The van der Waals surface area contributed by atoms with E-state index in [4.69, 9.17) is 4.74 Å². The molecule has 2 aliphatic rings. The zero-order valence-electron chi connectivity index (χ0n) is 21.0. The molecule has 36 heavy (non-hydrogen) atoms. The fourth-order valence-corrected chi connectivity index (χ4v) is 4.84. The summed E-state index contributed by atoms with van der Waals surface area (Å²) in [5.74, 6) is -0.445. The number of piperidine rings is 2. The lowest BCUT2D eigenvalue weighted by Gasteiger charge is -2.31. The number of hydrogen-bond acceptors (Lipinski definition) is 7. The third kappa shape index (κ3) is 4.45. The summed E-state index contributed by atoms with van der Waals surface area (Å²) in [7, 11) is 1.83. The second-order valence-electron chi connectivity index (χ2n) is 10.5. The Morgan fingerprint density at radius 3 is 2.56 bits per heavy atom. The minimum absolute atomic E-state index is 0.0566. The van der Waals surface area contributed by atoms with Crippen LogP contribution in [0.2, 0.25) is 0 Å². The van der Waals surface area contributed by atoms with E-state index in [9.17, 15) is 14.4 Å². The summed E-state index contributed by atoms with van der Waals surface area (Å²) in [6, 6.07) is 5.73. The van der Waals surface area contributed by atoms with Crippen LogP contribution in [0.25, 0.3) is 10.9 Å². The molecule has 11 nitrogen and oxygen atoms in total. The van der Waals surface area contributed by atoms with Crippen molar-refractivity contribution in [2.45, 2.75) is 64.0 Å². The van der Waals surface area contributed by atoms with E-state index in [1.807, 2.05) is 46.0 Å².